The van der Waals surface area contributed by atoms with Gasteiger partial charge in [0.2, 0.25) is 0 Å². The summed E-state index contributed by atoms with van der Waals surface area (Å²) in [5.74, 6) is -1.73. The van der Waals surface area contributed by atoms with Gasteiger partial charge in [0.15, 0.2) is 11.0 Å². The molecule has 4 nitrogen and oxygen atoms in total. The van der Waals surface area contributed by atoms with Crippen molar-refractivity contribution < 1.29 is 22.9 Å². The van der Waals surface area contributed by atoms with Gasteiger partial charge in [0.1, 0.15) is 17.4 Å². The number of carbonyl (C=O) groups is 1. The van der Waals surface area contributed by atoms with Crippen LogP contribution in [0, 0.1) is 11.6 Å². The fourth-order valence-electron chi connectivity index (χ4n) is 4.48. The smallest absolute Gasteiger partial charge is 0.257 e. The molecule has 1 amide bonds. The summed E-state index contributed by atoms with van der Waals surface area (Å²) in [6.07, 6.45) is 2.75. The molecule has 2 atom stereocenters. The summed E-state index contributed by atoms with van der Waals surface area (Å²) in [4.78, 5) is 11.7. The molecule has 0 aromatic heterocycles. The Hall–Kier alpha value is -3.32. The lowest BCUT2D eigenvalue weighted by Crippen LogP contribution is -2.16. The average Bonchev–Trinajstić information content (AvgIpc) is 3.29. The Kier molecular flexibility index (Phi) is 4.70. The van der Waals surface area contributed by atoms with Crippen molar-refractivity contribution in [1.29, 1.82) is 0 Å². The molecule has 0 spiro atoms. The number of nitrogens with one attached hydrogen (secondary N) is 1. The highest BCUT2D eigenvalue weighted by atomic mass is 32.2. The topological polar surface area (TPSA) is 66.4 Å². The Balaban J connectivity index is 1.53. The average molecular weight is 437 g/mol. The summed E-state index contributed by atoms with van der Waals surface area (Å²) in [6, 6.07) is 14.4. The van der Waals surface area contributed by atoms with Crippen LogP contribution in [0.2, 0.25) is 0 Å². The molecular formula is C24H17F2NO3S. The largest absolute Gasteiger partial charge is 0.507 e. The first-order chi connectivity index (χ1) is 14.9. The van der Waals surface area contributed by atoms with Gasteiger partial charge in [0, 0.05) is 23.6 Å². The Labute approximate surface area is 179 Å². The molecule has 1 aliphatic carbocycles. The third kappa shape index (κ3) is 3.45. The van der Waals surface area contributed by atoms with Crippen LogP contribution in [-0.2, 0) is 22.2 Å². The maximum atomic E-state index is 13.7. The van der Waals surface area contributed by atoms with Crippen LogP contribution in [0.1, 0.15) is 34.6 Å². The van der Waals surface area contributed by atoms with Gasteiger partial charge in [-0.25, -0.2) is 13.0 Å². The Morgan fingerprint density at radius 1 is 1.00 bits per heavy atom. The van der Waals surface area contributed by atoms with Gasteiger partial charge in [-0.1, -0.05) is 24.3 Å². The van der Waals surface area contributed by atoms with E-state index in [1.807, 2.05) is 24.3 Å². The molecule has 0 radical (unpaired) electrons. The molecule has 31 heavy (non-hydrogen) atoms. The van der Waals surface area contributed by atoms with Crippen molar-refractivity contribution in [1.82, 2.24) is 4.72 Å². The van der Waals surface area contributed by atoms with E-state index in [2.05, 4.69) is 4.72 Å². The number of phenols is 1. The number of rotatable bonds is 3. The molecule has 0 saturated heterocycles. The fraction of sp³-hybridized carbons (Fsp3) is 0.125. The first kappa shape index (κ1) is 19.6. The molecule has 2 N–H and O–H groups in total. The zero-order chi connectivity index (χ0) is 21.7. The maximum absolute atomic E-state index is 13.7. The van der Waals surface area contributed by atoms with Crippen molar-refractivity contribution in [3.8, 4) is 16.9 Å². The number of hydrogen-bond acceptors (Lipinski definition) is 3. The minimum Gasteiger partial charge on any atom is -0.507 e. The maximum Gasteiger partial charge on any atom is 0.257 e. The zero-order valence-corrected chi connectivity index (χ0v) is 17.0. The third-order valence-corrected chi connectivity index (χ3v) is 6.91. The van der Waals surface area contributed by atoms with Crippen molar-refractivity contribution in [2.75, 3.05) is 0 Å². The van der Waals surface area contributed by atoms with Gasteiger partial charge in [-0.05, 0) is 64.9 Å². The van der Waals surface area contributed by atoms with E-state index in [9.17, 15) is 22.9 Å². The predicted octanol–water partition coefficient (Wildman–Crippen LogP) is 4.55. The molecule has 5 rings (SSSR count). The fourth-order valence-corrected chi connectivity index (χ4v) is 5.42. The molecule has 1 unspecified atom stereocenters. The number of benzene rings is 3. The second kappa shape index (κ2) is 7.42. The molecule has 3 aromatic carbocycles. The van der Waals surface area contributed by atoms with Gasteiger partial charge in [0.25, 0.3) is 5.91 Å². The molecule has 1 heterocycles. The highest BCUT2D eigenvalue weighted by molar-refractivity contribution is 7.94. The van der Waals surface area contributed by atoms with Gasteiger partial charge < -0.3 is 5.11 Å². The standard InChI is InChI=1S/C24H17F2NO3S/c25-15-8-14(9-16(26)11-15)17-2-1-3-19-18(6-7-20(17)19)13-4-5-21(22(28)10-13)23-12-24(29)27-31(23)30/h1-5,8-12,18,28H,6-7H2,(H,27,29)/t18-,31?/m1/s1. The molecular weight excluding hydrogens is 420 g/mol. The van der Waals surface area contributed by atoms with E-state index in [-0.39, 0.29) is 16.6 Å². The van der Waals surface area contributed by atoms with E-state index in [4.69, 9.17) is 0 Å². The van der Waals surface area contributed by atoms with Crippen molar-refractivity contribution in [2.45, 2.75) is 18.8 Å². The summed E-state index contributed by atoms with van der Waals surface area (Å²) in [6.45, 7) is 0. The zero-order valence-electron chi connectivity index (χ0n) is 16.2. The van der Waals surface area contributed by atoms with Crippen LogP contribution in [0.4, 0.5) is 8.78 Å². The second-order valence-electron chi connectivity index (χ2n) is 7.64. The van der Waals surface area contributed by atoms with Crippen LogP contribution in [-0.4, -0.2) is 15.2 Å². The third-order valence-electron chi connectivity index (χ3n) is 5.79. The molecule has 7 heteroatoms. The van der Waals surface area contributed by atoms with Crippen LogP contribution in [0.25, 0.3) is 16.0 Å². The summed E-state index contributed by atoms with van der Waals surface area (Å²) < 4.78 is 41.8. The van der Waals surface area contributed by atoms with E-state index in [1.165, 1.54) is 18.2 Å². The lowest BCUT2D eigenvalue weighted by Gasteiger charge is -2.15. The number of aromatic hydroxyl groups is 1. The molecule has 156 valence electrons. The highest BCUT2D eigenvalue weighted by Gasteiger charge is 2.28. The first-order valence-corrected chi connectivity index (χ1v) is 10.9. The Bertz CT molecular complexity index is 1280. The quantitative estimate of drug-likeness (QED) is 0.632. The highest BCUT2D eigenvalue weighted by Crippen LogP contribution is 2.44. The lowest BCUT2D eigenvalue weighted by molar-refractivity contribution is -0.114. The van der Waals surface area contributed by atoms with Crippen molar-refractivity contribution in [3.63, 3.8) is 0 Å². The summed E-state index contributed by atoms with van der Waals surface area (Å²) >= 11 is 0. The number of phenolic OH excluding ortho intramolecular Hbond substituents is 1. The lowest BCUT2D eigenvalue weighted by atomic mass is 9.90. The number of hydrogen-bond donors (Lipinski definition) is 2. The van der Waals surface area contributed by atoms with Crippen LogP contribution in [0.5, 0.6) is 5.75 Å². The van der Waals surface area contributed by atoms with E-state index in [1.54, 1.807) is 12.1 Å². The van der Waals surface area contributed by atoms with Gasteiger partial charge in [-0.3, -0.25) is 9.52 Å². The van der Waals surface area contributed by atoms with Gasteiger partial charge in [-0.2, -0.15) is 0 Å². The molecule has 0 bridgehead atoms. The molecule has 0 fully saturated rings. The van der Waals surface area contributed by atoms with Gasteiger partial charge in [-0.15, -0.1) is 0 Å². The van der Waals surface area contributed by atoms with E-state index in [0.717, 1.165) is 41.2 Å². The van der Waals surface area contributed by atoms with Crippen molar-refractivity contribution >= 4 is 21.8 Å². The Morgan fingerprint density at radius 3 is 2.45 bits per heavy atom. The normalized spacial score (nSPS) is 19.8. The SMILES string of the molecule is O=C1C=C(c2ccc([C@H]3CCc4c(-c5cc(F)cc(F)c5)cccc43)cc2O)S(=O)N1. The molecule has 2 aliphatic rings. The van der Waals surface area contributed by atoms with Crippen molar-refractivity contribution in [3.05, 3.63) is 94.6 Å². The monoisotopic (exact) mass is 437 g/mol. The number of amides is 1. The summed E-state index contributed by atoms with van der Waals surface area (Å²) in [5, 5.41) is 10.6. The van der Waals surface area contributed by atoms with Crippen LogP contribution < -0.4 is 4.72 Å². The van der Waals surface area contributed by atoms with Crippen LogP contribution in [0.15, 0.2) is 60.7 Å². The summed E-state index contributed by atoms with van der Waals surface area (Å²) in [7, 11) is -1.68. The van der Waals surface area contributed by atoms with Gasteiger partial charge in [0.05, 0.1) is 4.91 Å². The molecule has 0 saturated carbocycles. The second-order valence-corrected chi connectivity index (χ2v) is 8.82. The number of fused-ring (bicyclic) bond motifs is 1. The van der Waals surface area contributed by atoms with Crippen molar-refractivity contribution in [2.24, 2.45) is 0 Å². The summed E-state index contributed by atoms with van der Waals surface area (Å²) in [5.41, 5.74) is 4.62. The van der Waals surface area contributed by atoms with E-state index in [0.29, 0.717) is 11.1 Å². The van der Waals surface area contributed by atoms with Gasteiger partial charge >= 0.3 is 0 Å². The van der Waals surface area contributed by atoms with Crippen LogP contribution >= 0.6 is 0 Å². The number of carbonyl (C=O) groups excluding carboxylic acids is 1. The minimum atomic E-state index is -1.68. The minimum absolute atomic E-state index is 0.0103. The van der Waals surface area contributed by atoms with E-state index >= 15 is 0 Å². The first-order valence-electron chi connectivity index (χ1n) is 9.76. The Morgan fingerprint density at radius 2 is 1.77 bits per heavy atom. The predicted molar refractivity (Wildman–Crippen MR) is 114 cm³/mol. The number of halogens is 2. The van der Waals surface area contributed by atoms with Crippen LogP contribution in [0.3, 0.4) is 0 Å². The molecule has 3 aromatic rings. The van der Waals surface area contributed by atoms with E-state index < -0.39 is 28.5 Å². The molecule has 1 aliphatic heterocycles.